The molecule has 1 aromatic carbocycles. The lowest BCUT2D eigenvalue weighted by Crippen LogP contribution is -2.56. The minimum Gasteiger partial charge on any atom is -0.365 e. The van der Waals surface area contributed by atoms with Gasteiger partial charge >= 0.3 is 6.18 Å². The van der Waals surface area contributed by atoms with Gasteiger partial charge in [-0.05, 0) is 44.5 Å². The first kappa shape index (κ1) is 21.6. The number of amides is 3. The van der Waals surface area contributed by atoms with E-state index in [1.807, 2.05) is 0 Å². The lowest BCUT2D eigenvalue weighted by Gasteiger charge is -2.35. The number of aromatic nitrogens is 2. The molecule has 3 fully saturated rings. The van der Waals surface area contributed by atoms with Crippen molar-refractivity contribution in [2.45, 2.75) is 50.6 Å². The van der Waals surface area contributed by atoms with E-state index >= 15 is 0 Å². The minimum atomic E-state index is -4.62. The maximum absolute atomic E-state index is 13.5. The summed E-state index contributed by atoms with van der Waals surface area (Å²) in [7, 11) is 0. The Bertz CT molecular complexity index is 1180. The fraction of sp³-hybridized carbons (Fsp3) is 0.455. The standard InChI is InChI=1S/C22H21F3N4O4/c1-10-4-5-11(8-12(10)22(23,24)25)29-18(31)15-16(19(29)32)21(3)14(9-20(15,2)33-21)27-17(30)13-6-7-26-28-13/h4-8,14-16H,9H2,1-3H3,(H,26,28)(H,27,30)/t14-,15-,16+,20-,21+/m1/s1. The first-order chi connectivity index (χ1) is 15.4. The number of nitrogens with one attached hydrogen (secondary N) is 2. The SMILES string of the molecule is Cc1ccc(N2C(=O)[C@@H]3[C@H](C2=O)[C@@]2(C)C[C@@H](NC(=O)c4cc[nH]n4)[C@]3(C)O2)cc1C(F)(F)F. The third kappa shape index (κ3) is 2.94. The number of alkyl halides is 3. The molecular weight excluding hydrogens is 441 g/mol. The topological polar surface area (TPSA) is 104 Å². The first-order valence-electron chi connectivity index (χ1n) is 10.4. The quantitative estimate of drug-likeness (QED) is 0.683. The van der Waals surface area contributed by atoms with Gasteiger partial charge in [-0.3, -0.25) is 19.5 Å². The van der Waals surface area contributed by atoms with Crippen molar-refractivity contribution < 1.29 is 32.3 Å². The van der Waals surface area contributed by atoms with Crippen molar-refractivity contribution in [3.63, 3.8) is 0 Å². The second-order valence-corrected chi connectivity index (χ2v) is 9.25. The second-order valence-electron chi connectivity index (χ2n) is 9.25. The third-order valence-corrected chi connectivity index (χ3v) is 7.16. The molecule has 0 spiro atoms. The number of hydrogen-bond donors (Lipinski definition) is 2. The number of imide groups is 1. The number of H-pyrrole nitrogens is 1. The van der Waals surface area contributed by atoms with Gasteiger partial charge in [-0.15, -0.1) is 0 Å². The Morgan fingerprint density at radius 3 is 2.55 bits per heavy atom. The molecule has 2 N–H and O–H groups in total. The Kier molecular flexibility index (Phi) is 4.36. The van der Waals surface area contributed by atoms with Crippen molar-refractivity contribution in [1.29, 1.82) is 0 Å². The van der Waals surface area contributed by atoms with E-state index in [-0.39, 0.29) is 23.4 Å². The van der Waals surface area contributed by atoms with Crippen LogP contribution in [0.25, 0.3) is 0 Å². The van der Waals surface area contributed by atoms with E-state index in [9.17, 15) is 27.6 Å². The van der Waals surface area contributed by atoms with Crippen molar-refractivity contribution in [1.82, 2.24) is 15.5 Å². The van der Waals surface area contributed by atoms with Gasteiger partial charge in [0.05, 0.1) is 40.3 Å². The number of hydrogen-bond acceptors (Lipinski definition) is 5. The molecule has 174 valence electrons. The van der Waals surface area contributed by atoms with Gasteiger partial charge < -0.3 is 10.1 Å². The highest BCUT2D eigenvalue weighted by Gasteiger charge is 2.76. The van der Waals surface area contributed by atoms with Crippen LogP contribution in [0, 0.1) is 18.8 Å². The van der Waals surface area contributed by atoms with Crippen molar-refractivity contribution in [2.75, 3.05) is 4.90 Å². The summed E-state index contributed by atoms with van der Waals surface area (Å²) < 4.78 is 46.5. The summed E-state index contributed by atoms with van der Waals surface area (Å²) in [4.78, 5) is 40.2. The molecule has 8 nitrogen and oxygen atoms in total. The van der Waals surface area contributed by atoms with Crippen molar-refractivity contribution in [3.8, 4) is 0 Å². The van der Waals surface area contributed by atoms with Gasteiger partial charge in [-0.2, -0.15) is 18.3 Å². The third-order valence-electron chi connectivity index (χ3n) is 7.16. The Balaban J connectivity index is 1.49. The van der Waals surface area contributed by atoms with Gasteiger partial charge in [0.2, 0.25) is 11.8 Å². The number of carbonyl (C=O) groups is 3. The van der Waals surface area contributed by atoms with Gasteiger partial charge in [0.15, 0.2) is 0 Å². The Morgan fingerprint density at radius 1 is 1.21 bits per heavy atom. The number of ether oxygens (including phenoxy) is 1. The molecule has 3 amide bonds. The number of rotatable bonds is 3. The zero-order valence-corrected chi connectivity index (χ0v) is 18.0. The van der Waals surface area contributed by atoms with Gasteiger partial charge in [0.25, 0.3) is 5.91 Å². The molecule has 5 atom stereocenters. The molecular formula is C22H21F3N4O4. The lowest BCUT2D eigenvalue weighted by atomic mass is 9.66. The molecule has 3 saturated heterocycles. The molecule has 0 saturated carbocycles. The van der Waals surface area contributed by atoms with Gasteiger partial charge in [0.1, 0.15) is 5.69 Å². The van der Waals surface area contributed by atoms with E-state index in [1.165, 1.54) is 31.3 Å². The largest absolute Gasteiger partial charge is 0.416 e. The number of anilines is 1. The van der Waals surface area contributed by atoms with E-state index < -0.39 is 58.5 Å². The van der Waals surface area contributed by atoms with Crippen molar-refractivity contribution >= 4 is 23.4 Å². The van der Waals surface area contributed by atoms with Crippen LogP contribution >= 0.6 is 0 Å². The van der Waals surface area contributed by atoms with Crippen LogP contribution in [-0.4, -0.2) is 45.2 Å². The van der Waals surface area contributed by atoms with E-state index in [0.29, 0.717) is 0 Å². The number of carbonyl (C=O) groups excluding carboxylic acids is 3. The fourth-order valence-electron chi connectivity index (χ4n) is 5.68. The van der Waals surface area contributed by atoms with Crippen LogP contribution < -0.4 is 10.2 Å². The summed E-state index contributed by atoms with van der Waals surface area (Å²) in [6.07, 6.45) is -2.85. The summed E-state index contributed by atoms with van der Waals surface area (Å²) in [5, 5.41) is 9.23. The molecule has 5 rings (SSSR count). The molecule has 0 radical (unpaired) electrons. The lowest BCUT2D eigenvalue weighted by molar-refractivity contribution is -0.138. The van der Waals surface area contributed by atoms with Gasteiger partial charge in [-0.25, -0.2) is 4.90 Å². The first-order valence-corrected chi connectivity index (χ1v) is 10.4. The number of aryl methyl sites for hydroxylation is 1. The molecule has 1 aromatic heterocycles. The summed E-state index contributed by atoms with van der Waals surface area (Å²) in [6.45, 7) is 4.67. The molecule has 2 bridgehead atoms. The number of aromatic amines is 1. The number of fused-ring (bicyclic) bond motifs is 5. The monoisotopic (exact) mass is 462 g/mol. The van der Waals surface area contributed by atoms with Crippen molar-refractivity contribution in [2.24, 2.45) is 11.8 Å². The summed E-state index contributed by atoms with van der Waals surface area (Å²) in [6, 6.07) is 4.32. The molecule has 0 aliphatic carbocycles. The highest BCUT2D eigenvalue weighted by Crippen LogP contribution is 2.61. The summed E-state index contributed by atoms with van der Waals surface area (Å²) >= 11 is 0. The summed E-state index contributed by atoms with van der Waals surface area (Å²) in [5.41, 5.74) is -3.13. The predicted octanol–water partition coefficient (Wildman–Crippen LogP) is 2.59. The molecule has 33 heavy (non-hydrogen) atoms. The number of nitrogens with zero attached hydrogens (tertiary/aromatic N) is 2. The molecule has 3 aliphatic heterocycles. The maximum Gasteiger partial charge on any atom is 0.416 e. The Morgan fingerprint density at radius 2 is 1.91 bits per heavy atom. The predicted molar refractivity (Wildman–Crippen MR) is 108 cm³/mol. The van der Waals surface area contributed by atoms with E-state index in [4.69, 9.17) is 4.74 Å². The van der Waals surface area contributed by atoms with Crippen LogP contribution in [0.4, 0.5) is 18.9 Å². The van der Waals surface area contributed by atoms with Gasteiger partial charge in [0, 0.05) is 12.6 Å². The van der Waals surface area contributed by atoms with E-state index in [2.05, 4.69) is 15.5 Å². The van der Waals surface area contributed by atoms with Crippen LogP contribution in [-0.2, 0) is 20.5 Å². The minimum absolute atomic E-state index is 0.00555. The van der Waals surface area contributed by atoms with Gasteiger partial charge in [-0.1, -0.05) is 6.07 Å². The molecule has 4 heterocycles. The number of benzene rings is 1. The summed E-state index contributed by atoms with van der Waals surface area (Å²) in [5.74, 6) is -3.48. The second kappa shape index (κ2) is 6.66. The van der Waals surface area contributed by atoms with E-state index in [1.54, 1.807) is 13.8 Å². The van der Waals surface area contributed by atoms with Crippen LogP contribution in [0.1, 0.15) is 41.9 Å². The highest BCUT2D eigenvalue weighted by molar-refractivity contribution is 6.23. The number of halogens is 3. The maximum atomic E-state index is 13.5. The zero-order valence-electron chi connectivity index (χ0n) is 18.0. The zero-order chi connectivity index (χ0) is 23.9. The Hall–Kier alpha value is -3.21. The fourth-order valence-corrected chi connectivity index (χ4v) is 5.68. The van der Waals surface area contributed by atoms with Crippen LogP contribution in [0.3, 0.4) is 0 Å². The molecule has 11 heteroatoms. The van der Waals surface area contributed by atoms with Crippen molar-refractivity contribution in [3.05, 3.63) is 47.3 Å². The average Bonchev–Trinajstić information content (AvgIpc) is 3.43. The molecule has 0 unspecified atom stereocenters. The van der Waals surface area contributed by atoms with Crippen LogP contribution in [0.5, 0.6) is 0 Å². The average molecular weight is 462 g/mol. The normalized spacial score (nSPS) is 33.0. The van der Waals surface area contributed by atoms with E-state index in [0.717, 1.165) is 11.0 Å². The smallest absolute Gasteiger partial charge is 0.365 e. The highest BCUT2D eigenvalue weighted by atomic mass is 19.4. The molecule has 2 aromatic rings. The van der Waals surface area contributed by atoms with Crippen LogP contribution in [0.15, 0.2) is 30.5 Å². The Labute approximate surface area is 186 Å². The molecule has 3 aliphatic rings. The van der Waals surface area contributed by atoms with Crippen LogP contribution in [0.2, 0.25) is 0 Å².